The van der Waals surface area contributed by atoms with Gasteiger partial charge < -0.3 is 9.72 Å². The molecule has 1 aromatic carbocycles. The van der Waals surface area contributed by atoms with E-state index in [1.54, 1.807) is 12.4 Å². The first-order valence-corrected chi connectivity index (χ1v) is 10.6. The number of hydrogen-bond acceptors (Lipinski definition) is 4. The van der Waals surface area contributed by atoms with E-state index in [1.807, 2.05) is 47.6 Å². The van der Waals surface area contributed by atoms with Crippen LogP contribution in [0.2, 0.25) is 0 Å². The number of nitrogens with one attached hydrogen (secondary N) is 1. The van der Waals surface area contributed by atoms with E-state index in [2.05, 4.69) is 22.1 Å². The van der Waals surface area contributed by atoms with E-state index < -0.39 is 5.60 Å². The Hall–Kier alpha value is -3.09. The smallest absolute Gasteiger partial charge is 0.411 e. The number of ether oxygens (including phenoxy) is 1. The summed E-state index contributed by atoms with van der Waals surface area (Å²) in [5.41, 5.74) is 2.07. The lowest BCUT2D eigenvalue weighted by Crippen LogP contribution is -2.43. The van der Waals surface area contributed by atoms with Crippen molar-refractivity contribution < 1.29 is 9.53 Å². The number of carbonyl (C=O) groups is 1. The van der Waals surface area contributed by atoms with Gasteiger partial charge in [0.1, 0.15) is 5.60 Å². The third-order valence-electron chi connectivity index (χ3n) is 6.56. The van der Waals surface area contributed by atoms with E-state index in [1.165, 1.54) is 0 Å². The number of hydrogen-bond donors (Lipinski definition) is 1. The predicted molar refractivity (Wildman–Crippen MR) is 113 cm³/mol. The number of amides is 1. The summed E-state index contributed by atoms with van der Waals surface area (Å²) < 4.78 is 7.63. The third-order valence-corrected chi connectivity index (χ3v) is 6.56. The number of nitrogens with zero attached hydrogens (tertiary/aromatic N) is 3. The number of aromatic amines is 1. The quantitative estimate of drug-likeness (QED) is 0.708. The molecule has 0 bridgehead atoms. The first-order chi connectivity index (χ1) is 14.5. The zero-order valence-electron chi connectivity index (χ0n) is 17.2. The number of imidazole rings is 1. The SMILES string of the molecule is CC1(C)OC(=O)N(C2CCC(n3c(=O)[nH]c4cnccc43)CC2)[C@H]1c1ccccc1. The van der Waals surface area contributed by atoms with Gasteiger partial charge in [-0.25, -0.2) is 9.59 Å². The Morgan fingerprint density at radius 1 is 1.03 bits per heavy atom. The molecular weight excluding hydrogens is 380 g/mol. The number of pyridine rings is 1. The number of rotatable bonds is 3. The van der Waals surface area contributed by atoms with Crippen LogP contribution in [-0.4, -0.2) is 37.2 Å². The molecule has 0 unspecified atom stereocenters. The summed E-state index contributed by atoms with van der Waals surface area (Å²) in [5.74, 6) is 0. The van der Waals surface area contributed by atoms with Gasteiger partial charge in [0, 0.05) is 18.3 Å². The summed E-state index contributed by atoms with van der Waals surface area (Å²) in [6.45, 7) is 3.96. The average Bonchev–Trinajstić information content (AvgIpc) is 3.20. The maximum Gasteiger partial charge on any atom is 0.411 e. The Kier molecular flexibility index (Phi) is 4.41. The molecule has 0 radical (unpaired) electrons. The molecule has 1 atom stereocenters. The summed E-state index contributed by atoms with van der Waals surface area (Å²) in [4.78, 5) is 34.3. The standard InChI is InChI=1S/C23H26N4O3/c1-23(2)20(15-6-4-3-5-7-15)27(22(29)30-23)17-10-8-16(9-11-17)26-19-12-13-24-14-18(19)25-21(26)28/h3-7,12-14,16-17,20H,8-11H2,1-2H3,(H,25,28)/t16?,17?,20-/m0/s1. The molecular formula is C23H26N4O3. The molecule has 5 rings (SSSR count). The average molecular weight is 406 g/mol. The van der Waals surface area contributed by atoms with E-state index in [-0.39, 0.29) is 29.9 Å². The Labute approximate surface area is 174 Å². The molecule has 1 aliphatic carbocycles. The second-order valence-corrected chi connectivity index (χ2v) is 8.85. The molecule has 7 nitrogen and oxygen atoms in total. The van der Waals surface area contributed by atoms with Crippen molar-refractivity contribution in [1.82, 2.24) is 19.4 Å². The van der Waals surface area contributed by atoms with Crippen LogP contribution in [0.1, 0.15) is 57.2 Å². The van der Waals surface area contributed by atoms with Crippen LogP contribution in [0.25, 0.3) is 11.0 Å². The summed E-state index contributed by atoms with van der Waals surface area (Å²) in [7, 11) is 0. The first kappa shape index (κ1) is 18.9. The number of fused-ring (bicyclic) bond motifs is 1. The Balaban J connectivity index is 1.40. The second kappa shape index (κ2) is 7.00. The van der Waals surface area contributed by atoms with Crippen molar-refractivity contribution in [2.24, 2.45) is 0 Å². The summed E-state index contributed by atoms with van der Waals surface area (Å²) in [6, 6.07) is 12.1. The van der Waals surface area contributed by atoms with E-state index >= 15 is 0 Å². The van der Waals surface area contributed by atoms with E-state index in [4.69, 9.17) is 4.74 Å². The normalized spacial score (nSPS) is 26.1. The fraction of sp³-hybridized carbons (Fsp3) is 0.435. The van der Waals surface area contributed by atoms with Crippen LogP contribution < -0.4 is 5.69 Å². The Morgan fingerprint density at radius 3 is 2.47 bits per heavy atom. The molecule has 3 aromatic rings. The van der Waals surface area contributed by atoms with Gasteiger partial charge in [-0.2, -0.15) is 0 Å². The van der Waals surface area contributed by atoms with Gasteiger partial charge in [-0.1, -0.05) is 30.3 Å². The lowest BCUT2D eigenvalue weighted by molar-refractivity contribution is 0.0662. The molecule has 1 saturated carbocycles. The molecule has 1 saturated heterocycles. The summed E-state index contributed by atoms with van der Waals surface area (Å²) in [5, 5.41) is 0. The molecule has 0 spiro atoms. The molecule has 30 heavy (non-hydrogen) atoms. The molecule has 2 fully saturated rings. The minimum Gasteiger partial charge on any atom is -0.441 e. The van der Waals surface area contributed by atoms with Crippen LogP contribution in [0, 0.1) is 0 Å². The van der Waals surface area contributed by atoms with Gasteiger partial charge in [0.2, 0.25) is 0 Å². The van der Waals surface area contributed by atoms with Crippen LogP contribution in [0.3, 0.4) is 0 Å². The van der Waals surface area contributed by atoms with Crippen molar-refractivity contribution in [2.75, 3.05) is 0 Å². The van der Waals surface area contributed by atoms with Crippen molar-refractivity contribution in [3.05, 3.63) is 64.8 Å². The monoisotopic (exact) mass is 406 g/mol. The largest absolute Gasteiger partial charge is 0.441 e. The van der Waals surface area contributed by atoms with Crippen molar-refractivity contribution in [3.63, 3.8) is 0 Å². The molecule has 156 valence electrons. The minimum atomic E-state index is -0.587. The molecule has 2 aliphatic rings. The fourth-order valence-electron chi connectivity index (χ4n) is 5.27. The Morgan fingerprint density at radius 2 is 1.73 bits per heavy atom. The minimum absolute atomic E-state index is 0.0923. The second-order valence-electron chi connectivity index (χ2n) is 8.85. The highest BCUT2D eigenvalue weighted by Crippen LogP contribution is 2.45. The van der Waals surface area contributed by atoms with E-state index in [0.29, 0.717) is 0 Å². The molecule has 3 heterocycles. The van der Waals surface area contributed by atoms with Gasteiger partial charge >= 0.3 is 11.8 Å². The maximum atomic E-state index is 12.8. The molecule has 7 heteroatoms. The van der Waals surface area contributed by atoms with Gasteiger partial charge in [-0.15, -0.1) is 0 Å². The van der Waals surface area contributed by atoms with E-state index in [0.717, 1.165) is 42.3 Å². The molecule has 1 aliphatic heterocycles. The van der Waals surface area contributed by atoms with Crippen LogP contribution in [0.15, 0.2) is 53.6 Å². The van der Waals surface area contributed by atoms with Gasteiger partial charge in [-0.3, -0.25) is 14.5 Å². The highest BCUT2D eigenvalue weighted by molar-refractivity contribution is 5.74. The summed E-state index contributed by atoms with van der Waals surface area (Å²) in [6.07, 6.45) is 6.51. The zero-order chi connectivity index (χ0) is 20.9. The highest BCUT2D eigenvalue weighted by Gasteiger charge is 2.51. The van der Waals surface area contributed by atoms with Crippen molar-refractivity contribution in [3.8, 4) is 0 Å². The predicted octanol–water partition coefficient (Wildman–Crippen LogP) is 4.18. The van der Waals surface area contributed by atoms with E-state index in [9.17, 15) is 9.59 Å². The zero-order valence-corrected chi connectivity index (χ0v) is 17.2. The van der Waals surface area contributed by atoms with Gasteiger partial charge in [0.15, 0.2) is 0 Å². The summed E-state index contributed by atoms with van der Waals surface area (Å²) >= 11 is 0. The van der Waals surface area contributed by atoms with Crippen LogP contribution >= 0.6 is 0 Å². The third kappa shape index (κ3) is 3.00. The van der Waals surface area contributed by atoms with Crippen LogP contribution in [0.5, 0.6) is 0 Å². The van der Waals surface area contributed by atoms with Crippen LogP contribution in [0.4, 0.5) is 4.79 Å². The van der Waals surface area contributed by atoms with Gasteiger partial charge in [0.25, 0.3) is 0 Å². The van der Waals surface area contributed by atoms with Crippen LogP contribution in [-0.2, 0) is 4.74 Å². The lowest BCUT2D eigenvalue weighted by Gasteiger charge is -2.38. The van der Waals surface area contributed by atoms with Crippen molar-refractivity contribution in [1.29, 1.82) is 0 Å². The molecule has 1 N–H and O–H groups in total. The first-order valence-electron chi connectivity index (χ1n) is 10.6. The van der Waals surface area contributed by atoms with Gasteiger partial charge in [-0.05, 0) is 51.2 Å². The van der Waals surface area contributed by atoms with Gasteiger partial charge in [0.05, 0.1) is 23.3 Å². The Bertz CT molecular complexity index is 1130. The van der Waals surface area contributed by atoms with Crippen molar-refractivity contribution >= 4 is 17.1 Å². The van der Waals surface area contributed by atoms with Crippen molar-refractivity contribution in [2.45, 2.75) is 63.3 Å². The number of cyclic esters (lactones) is 1. The molecule has 2 aromatic heterocycles. The number of aromatic nitrogens is 3. The lowest BCUT2D eigenvalue weighted by atomic mass is 9.86. The molecule has 1 amide bonds. The maximum absolute atomic E-state index is 12.8. The highest BCUT2D eigenvalue weighted by atomic mass is 16.6. The number of carbonyl (C=O) groups excluding carboxylic acids is 1. The number of H-pyrrole nitrogens is 1. The fourth-order valence-corrected chi connectivity index (χ4v) is 5.27. The topological polar surface area (TPSA) is 80.2 Å². The number of benzene rings is 1.